The fourth-order valence-electron chi connectivity index (χ4n) is 6.22. The summed E-state index contributed by atoms with van der Waals surface area (Å²) in [5.74, 6) is 0. The van der Waals surface area contributed by atoms with Gasteiger partial charge in [-0.15, -0.1) is 34.0 Å². The Labute approximate surface area is 234 Å². The van der Waals surface area contributed by atoms with Crippen molar-refractivity contribution in [3.63, 3.8) is 0 Å². The van der Waals surface area contributed by atoms with Crippen LogP contribution in [0.4, 0.5) is 0 Å². The van der Waals surface area contributed by atoms with Gasteiger partial charge in [0.25, 0.3) is 0 Å². The first-order valence-electron chi connectivity index (χ1n) is 14.9. The Bertz CT molecular complexity index is 1090. The second kappa shape index (κ2) is 13.4. The van der Waals surface area contributed by atoms with Gasteiger partial charge in [0.05, 0.1) is 0 Å². The summed E-state index contributed by atoms with van der Waals surface area (Å²) in [5, 5.41) is 3.65. The number of thiophene rings is 3. The summed E-state index contributed by atoms with van der Waals surface area (Å²) in [5.41, 5.74) is 1.61. The molecular formula is C32H48S3Si. The Kier molecular flexibility index (Phi) is 10.5. The van der Waals surface area contributed by atoms with E-state index in [1.165, 1.54) is 105 Å². The van der Waals surface area contributed by atoms with E-state index in [0.29, 0.717) is 0 Å². The lowest BCUT2D eigenvalue weighted by Crippen LogP contribution is -2.54. The molecule has 4 heterocycles. The molecule has 0 aromatic carbocycles. The minimum Gasteiger partial charge on any atom is -0.140 e. The van der Waals surface area contributed by atoms with Crippen molar-refractivity contribution >= 4 is 52.5 Å². The predicted octanol–water partition coefficient (Wildman–Crippen LogP) is 11.0. The van der Waals surface area contributed by atoms with Crippen LogP contribution in [-0.2, 0) is 6.42 Å². The van der Waals surface area contributed by atoms with Crippen LogP contribution < -0.4 is 10.4 Å². The highest BCUT2D eigenvalue weighted by Gasteiger charge is 2.47. The van der Waals surface area contributed by atoms with Crippen molar-refractivity contribution < 1.29 is 0 Å². The Morgan fingerprint density at radius 1 is 0.583 bits per heavy atom. The molecule has 0 spiro atoms. The monoisotopic (exact) mass is 556 g/mol. The standard InChI is InChI=1S/C32H48S3Si/c1-6-9-12-15-18-26-22-27(34-25(26)5)28-23-30-32(35-28)31-29(21-24(4)33-31)36(30,19-16-13-10-7-2)20-17-14-11-8-3/h21-23H,6-20H2,1-5H3. The largest absolute Gasteiger partial charge is 0.140 e. The Morgan fingerprint density at radius 3 is 1.78 bits per heavy atom. The van der Waals surface area contributed by atoms with E-state index in [1.54, 1.807) is 25.1 Å². The average Bonchev–Trinajstić information content (AvgIpc) is 3.61. The van der Waals surface area contributed by atoms with Gasteiger partial charge < -0.3 is 0 Å². The van der Waals surface area contributed by atoms with Gasteiger partial charge in [0.1, 0.15) is 8.07 Å². The van der Waals surface area contributed by atoms with E-state index in [9.17, 15) is 0 Å². The molecule has 0 saturated heterocycles. The Hall–Kier alpha value is -0.683. The fraction of sp³-hybridized carbons (Fsp3) is 0.625. The lowest BCUT2D eigenvalue weighted by molar-refractivity contribution is 0.666. The summed E-state index contributed by atoms with van der Waals surface area (Å²) < 4.78 is 0. The highest BCUT2D eigenvalue weighted by atomic mass is 32.1. The summed E-state index contributed by atoms with van der Waals surface area (Å²) in [6, 6.07) is 10.8. The minimum atomic E-state index is -1.68. The van der Waals surface area contributed by atoms with Crippen molar-refractivity contribution in [1.82, 2.24) is 0 Å². The van der Waals surface area contributed by atoms with Gasteiger partial charge in [-0.3, -0.25) is 0 Å². The van der Waals surface area contributed by atoms with Crippen LogP contribution >= 0.6 is 34.0 Å². The highest BCUT2D eigenvalue weighted by Crippen LogP contribution is 2.46. The molecule has 0 saturated carbocycles. The van der Waals surface area contributed by atoms with E-state index in [2.05, 4.69) is 86.8 Å². The zero-order chi connectivity index (χ0) is 25.5. The summed E-state index contributed by atoms with van der Waals surface area (Å²) in [7, 11) is -1.68. The van der Waals surface area contributed by atoms with Crippen LogP contribution in [0.25, 0.3) is 19.5 Å². The lowest BCUT2D eigenvalue weighted by Gasteiger charge is -2.29. The van der Waals surface area contributed by atoms with Crippen LogP contribution in [0.3, 0.4) is 0 Å². The Balaban J connectivity index is 1.66. The highest BCUT2D eigenvalue weighted by molar-refractivity contribution is 7.31. The molecule has 4 rings (SSSR count). The number of hydrogen-bond donors (Lipinski definition) is 0. The van der Waals surface area contributed by atoms with Crippen LogP contribution in [0.1, 0.15) is 113 Å². The van der Waals surface area contributed by atoms with Gasteiger partial charge >= 0.3 is 0 Å². The third-order valence-corrected chi connectivity index (χ3v) is 17.6. The van der Waals surface area contributed by atoms with Gasteiger partial charge in [-0.1, -0.05) is 91.4 Å². The van der Waals surface area contributed by atoms with Crippen molar-refractivity contribution in [2.75, 3.05) is 0 Å². The van der Waals surface area contributed by atoms with Crippen molar-refractivity contribution in [2.24, 2.45) is 0 Å². The first kappa shape index (κ1) is 28.3. The van der Waals surface area contributed by atoms with Crippen molar-refractivity contribution in [1.29, 1.82) is 0 Å². The van der Waals surface area contributed by atoms with Crippen molar-refractivity contribution in [3.05, 3.63) is 33.5 Å². The predicted molar refractivity (Wildman–Crippen MR) is 171 cm³/mol. The summed E-state index contributed by atoms with van der Waals surface area (Å²) >= 11 is 6.27. The van der Waals surface area contributed by atoms with E-state index in [1.807, 2.05) is 10.4 Å². The second-order valence-electron chi connectivity index (χ2n) is 11.2. The van der Waals surface area contributed by atoms with E-state index in [-0.39, 0.29) is 0 Å². The summed E-state index contributed by atoms with van der Waals surface area (Å²) in [6.45, 7) is 11.7. The minimum absolute atomic E-state index is 1.26. The molecular weight excluding hydrogens is 509 g/mol. The maximum Gasteiger partial charge on any atom is 0.122 e. The van der Waals surface area contributed by atoms with Gasteiger partial charge in [0.15, 0.2) is 0 Å². The molecule has 0 aliphatic carbocycles. The first-order valence-corrected chi connectivity index (χ1v) is 19.8. The fourth-order valence-corrected chi connectivity index (χ4v) is 16.7. The molecule has 3 aromatic heterocycles. The molecule has 4 heteroatoms. The molecule has 198 valence electrons. The quantitative estimate of drug-likeness (QED) is 0.122. The summed E-state index contributed by atoms with van der Waals surface area (Å²) in [6.07, 6.45) is 17.8. The SMILES string of the molecule is CCCCCCc1cc(-c2cc3c(s2)-c2sc(C)cc2[Si]3(CCCCCC)CCCCCC)sc1C. The molecule has 1 aliphatic rings. The van der Waals surface area contributed by atoms with E-state index in [0.717, 1.165) is 0 Å². The zero-order valence-corrected chi connectivity index (χ0v) is 27.0. The molecule has 0 bridgehead atoms. The van der Waals surface area contributed by atoms with Gasteiger partial charge in [-0.2, -0.15) is 0 Å². The molecule has 0 atom stereocenters. The zero-order valence-electron chi connectivity index (χ0n) is 23.6. The van der Waals surface area contributed by atoms with E-state index < -0.39 is 8.07 Å². The third kappa shape index (κ3) is 6.13. The average molecular weight is 557 g/mol. The molecule has 0 amide bonds. The molecule has 0 unspecified atom stereocenters. The van der Waals surface area contributed by atoms with Gasteiger partial charge in [-0.05, 0) is 72.9 Å². The number of unbranched alkanes of at least 4 members (excludes halogenated alkanes) is 9. The summed E-state index contributed by atoms with van der Waals surface area (Å²) in [4.78, 5) is 9.51. The maximum absolute atomic E-state index is 2.71. The van der Waals surface area contributed by atoms with Crippen molar-refractivity contribution in [3.8, 4) is 19.5 Å². The molecule has 1 aliphatic heterocycles. The number of rotatable bonds is 16. The topological polar surface area (TPSA) is 0 Å². The molecule has 0 nitrogen and oxygen atoms in total. The maximum atomic E-state index is 2.71. The van der Waals surface area contributed by atoms with Gasteiger partial charge in [0.2, 0.25) is 0 Å². The Morgan fingerprint density at radius 2 is 1.14 bits per heavy atom. The van der Waals surface area contributed by atoms with Crippen LogP contribution in [0.15, 0.2) is 18.2 Å². The molecule has 0 radical (unpaired) electrons. The first-order chi connectivity index (χ1) is 17.5. The van der Waals surface area contributed by atoms with E-state index >= 15 is 0 Å². The normalized spacial score (nSPS) is 13.9. The third-order valence-electron chi connectivity index (χ3n) is 8.30. The van der Waals surface area contributed by atoms with Crippen LogP contribution in [-0.4, -0.2) is 8.07 Å². The van der Waals surface area contributed by atoms with Crippen molar-refractivity contribution in [2.45, 2.75) is 130 Å². The number of fused-ring (bicyclic) bond motifs is 3. The molecule has 0 fully saturated rings. The number of hydrogen-bond acceptors (Lipinski definition) is 3. The molecule has 36 heavy (non-hydrogen) atoms. The van der Waals surface area contributed by atoms with Crippen LogP contribution in [0, 0.1) is 13.8 Å². The second-order valence-corrected chi connectivity index (χ2v) is 19.0. The number of aryl methyl sites for hydroxylation is 3. The lowest BCUT2D eigenvalue weighted by atomic mass is 10.1. The van der Waals surface area contributed by atoms with Crippen LogP contribution in [0.5, 0.6) is 0 Å². The molecule has 3 aromatic rings. The molecule has 0 N–H and O–H groups in total. The van der Waals surface area contributed by atoms with Gasteiger partial charge in [0, 0.05) is 29.3 Å². The smallest absolute Gasteiger partial charge is 0.122 e. The van der Waals surface area contributed by atoms with Crippen LogP contribution in [0.2, 0.25) is 12.1 Å². The van der Waals surface area contributed by atoms with E-state index in [4.69, 9.17) is 0 Å². The van der Waals surface area contributed by atoms with Gasteiger partial charge in [-0.25, -0.2) is 0 Å².